The lowest BCUT2D eigenvalue weighted by molar-refractivity contribution is -0.0711. The molecule has 1 saturated heterocycles. The first kappa shape index (κ1) is 18.5. The van der Waals surface area contributed by atoms with Crippen molar-refractivity contribution in [3.63, 3.8) is 0 Å². The average molecular weight is 372 g/mol. The zero-order valence-corrected chi connectivity index (χ0v) is 15.0. The van der Waals surface area contributed by atoms with Crippen LogP contribution in [0.5, 0.6) is 0 Å². The van der Waals surface area contributed by atoms with Gasteiger partial charge in [-0.25, -0.2) is 13.1 Å². The first-order valence-corrected chi connectivity index (χ1v) is 9.82. The molecule has 2 aromatic carbocycles. The minimum Gasteiger partial charge on any atom is -0.379 e. The molecule has 0 amide bonds. The van der Waals surface area contributed by atoms with Crippen LogP contribution >= 0.6 is 0 Å². The molecule has 0 bridgehead atoms. The molecule has 0 saturated carbocycles. The molecular weight excluding hydrogens is 352 g/mol. The van der Waals surface area contributed by atoms with Gasteiger partial charge in [0.1, 0.15) is 0 Å². The third-order valence-electron chi connectivity index (χ3n) is 4.21. The van der Waals surface area contributed by atoms with Crippen LogP contribution in [0.1, 0.15) is 17.5 Å². The van der Waals surface area contributed by atoms with Gasteiger partial charge in [-0.15, -0.1) is 0 Å². The van der Waals surface area contributed by atoms with Crippen LogP contribution in [-0.2, 0) is 26.1 Å². The second kappa shape index (κ2) is 8.43. The number of ether oxygens (including phenoxy) is 2. The smallest absolute Gasteiger partial charge is 0.240 e. The van der Waals surface area contributed by atoms with Crippen molar-refractivity contribution >= 4 is 10.0 Å². The molecule has 7 heteroatoms. The number of sulfonamides is 1. The zero-order valence-electron chi connectivity index (χ0n) is 14.2. The Morgan fingerprint density at radius 3 is 2.58 bits per heavy atom. The molecule has 1 aliphatic rings. The number of benzene rings is 2. The van der Waals surface area contributed by atoms with E-state index >= 15 is 0 Å². The molecule has 3 rings (SSSR count). The van der Waals surface area contributed by atoms with Crippen LogP contribution in [-0.4, -0.2) is 33.8 Å². The average Bonchev–Trinajstić information content (AvgIpc) is 2.68. The van der Waals surface area contributed by atoms with Gasteiger partial charge in [0, 0.05) is 6.61 Å². The molecule has 1 aliphatic heterocycles. The Bertz CT molecular complexity index is 861. The molecule has 1 N–H and O–H groups in total. The molecule has 6 nitrogen and oxygen atoms in total. The maximum absolute atomic E-state index is 12.6. The largest absolute Gasteiger partial charge is 0.379 e. The summed E-state index contributed by atoms with van der Waals surface area (Å²) in [5.74, 6) is 0. The summed E-state index contributed by atoms with van der Waals surface area (Å²) in [5.41, 5.74) is 1.44. The Hall–Kier alpha value is -2.24. The molecule has 136 valence electrons. The van der Waals surface area contributed by atoms with E-state index in [9.17, 15) is 8.42 Å². The lowest BCUT2D eigenvalue weighted by atomic mass is 10.1. The normalized spacial score (nSPS) is 20.4. The van der Waals surface area contributed by atoms with Crippen LogP contribution in [0.25, 0.3) is 0 Å². The van der Waals surface area contributed by atoms with E-state index in [1.165, 1.54) is 24.3 Å². The molecule has 26 heavy (non-hydrogen) atoms. The Balaban J connectivity index is 1.67. The zero-order chi connectivity index (χ0) is 18.4. The van der Waals surface area contributed by atoms with Crippen molar-refractivity contribution in [1.29, 1.82) is 5.26 Å². The van der Waals surface area contributed by atoms with Crippen molar-refractivity contribution in [3.8, 4) is 6.07 Å². The van der Waals surface area contributed by atoms with Gasteiger partial charge in [0.05, 0.1) is 41.9 Å². The molecule has 1 heterocycles. The number of hydrogen-bond donors (Lipinski definition) is 1. The van der Waals surface area contributed by atoms with E-state index < -0.39 is 10.0 Å². The van der Waals surface area contributed by atoms with Gasteiger partial charge in [0.25, 0.3) is 0 Å². The van der Waals surface area contributed by atoms with Crippen molar-refractivity contribution in [1.82, 2.24) is 4.72 Å². The Morgan fingerprint density at radius 2 is 1.88 bits per heavy atom. The third-order valence-corrected chi connectivity index (χ3v) is 5.72. The van der Waals surface area contributed by atoms with Gasteiger partial charge in [-0.3, -0.25) is 0 Å². The number of nitrogens with one attached hydrogen (secondary N) is 1. The fourth-order valence-electron chi connectivity index (χ4n) is 2.76. The van der Waals surface area contributed by atoms with Gasteiger partial charge in [0.2, 0.25) is 10.0 Å². The Labute approximate surface area is 153 Å². The minimum atomic E-state index is -3.70. The third kappa shape index (κ3) is 4.68. The van der Waals surface area contributed by atoms with E-state index in [1.807, 2.05) is 36.4 Å². The van der Waals surface area contributed by atoms with Gasteiger partial charge in [-0.1, -0.05) is 30.3 Å². The highest BCUT2D eigenvalue weighted by Crippen LogP contribution is 2.18. The standard InChI is InChI=1S/C19H20N2O4S/c20-12-15-6-8-17(9-7-15)26(22,23)21-18-10-11-24-14-19(18)25-13-16-4-2-1-3-5-16/h1-9,18-19,21H,10-11,13-14H2/t18-,19-/m1/s1. The fraction of sp³-hybridized carbons (Fsp3) is 0.316. The second-order valence-corrected chi connectivity index (χ2v) is 7.78. The predicted octanol–water partition coefficient (Wildman–Crippen LogP) is 2.21. The van der Waals surface area contributed by atoms with Crippen molar-refractivity contribution in [2.45, 2.75) is 30.1 Å². The molecule has 0 aromatic heterocycles. The molecule has 0 spiro atoms. The molecular formula is C19H20N2O4S. The SMILES string of the molecule is N#Cc1ccc(S(=O)(=O)N[C@@H]2CCOC[C@H]2OCc2ccccc2)cc1. The molecule has 0 aliphatic carbocycles. The topological polar surface area (TPSA) is 88.4 Å². The summed E-state index contributed by atoms with van der Waals surface area (Å²) in [6.45, 7) is 1.21. The molecule has 0 radical (unpaired) electrons. The maximum Gasteiger partial charge on any atom is 0.240 e. The van der Waals surface area contributed by atoms with E-state index in [-0.39, 0.29) is 17.0 Å². The highest BCUT2D eigenvalue weighted by atomic mass is 32.2. The van der Waals surface area contributed by atoms with Crippen LogP contribution in [0, 0.1) is 11.3 Å². The van der Waals surface area contributed by atoms with E-state index in [0.29, 0.717) is 31.8 Å². The van der Waals surface area contributed by atoms with Crippen molar-refractivity contribution < 1.29 is 17.9 Å². The Morgan fingerprint density at radius 1 is 1.15 bits per heavy atom. The first-order valence-electron chi connectivity index (χ1n) is 8.34. The summed E-state index contributed by atoms with van der Waals surface area (Å²) >= 11 is 0. The molecule has 1 fully saturated rings. The van der Waals surface area contributed by atoms with E-state index in [0.717, 1.165) is 5.56 Å². The van der Waals surface area contributed by atoms with Crippen LogP contribution in [0.2, 0.25) is 0 Å². The van der Waals surface area contributed by atoms with Gasteiger partial charge >= 0.3 is 0 Å². The monoisotopic (exact) mass is 372 g/mol. The first-order chi connectivity index (χ1) is 12.6. The van der Waals surface area contributed by atoms with Gasteiger partial charge in [0.15, 0.2) is 0 Å². The second-order valence-electron chi connectivity index (χ2n) is 6.06. The Kier molecular flexibility index (Phi) is 6.01. The number of nitrogens with zero attached hydrogens (tertiary/aromatic N) is 1. The molecule has 2 aromatic rings. The van der Waals surface area contributed by atoms with E-state index in [4.69, 9.17) is 14.7 Å². The summed E-state index contributed by atoms with van der Waals surface area (Å²) in [6, 6.07) is 17.2. The summed E-state index contributed by atoms with van der Waals surface area (Å²) in [7, 11) is -3.70. The van der Waals surface area contributed by atoms with Crippen molar-refractivity contribution in [2.75, 3.05) is 13.2 Å². The summed E-state index contributed by atoms with van der Waals surface area (Å²) in [4.78, 5) is 0.129. The van der Waals surface area contributed by atoms with E-state index in [1.54, 1.807) is 0 Å². The maximum atomic E-state index is 12.6. The summed E-state index contributed by atoms with van der Waals surface area (Å²) < 4.78 is 39.3. The number of hydrogen-bond acceptors (Lipinski definition) is 5. The van der Waals surface area contributed by atoms with Gasteiger partial charge < -0.3 is 9.47 Å². The highest BCUT2D eigenvalue weighted by Gasteiger charge is 2.30. The molecule has 0 unspecified atom stereocenters. The summed E-state index contributed by atoms with van der Waals surface area (Å²) in [6.07, 6.45) is 0.173. The number of rotatable bonds is 6. The van der Waals surface area contributed by atoms with Crippen LogP contribution < -0.4 is 4.72 Å². The minimum absolute atomic E-state index is 0.129. The van der Waals surface area contributed by atoms with Crippen molar-refractivity contribution in [2.24, 2.45) is 0 Å². The van der Waals surface area contributed by atoms with Crippen LogP contribution in [0.3, 0.4) is 0 Å². The quantitative estimate of drug-likeness (QED) is 0.840. The van der Waals surface area contributed by atoms with Crippen LogP contribution in [0.15, 0.2) is 59.5 Å². The van der Waals surface area contributed by atoms with Gasteiger partial charge in [-0.2, -0.15) is 5.26 Å². The fourth-order valence-corrected chi connectivity index (χ4v) is 4.06. The van der Waals surface area contributed by atoms with Gasteiger partial charge in [-0.05, 0) is 36.2 Å². The van der Waals surface area contributed by atoms with Crippen LogP contribution in [0.4, 0.5) is 0 Å². The summed E-state index contributed by atoms with van der Waals surface area (Å²) in [5, 5.41) is 8.83. The van der Waals surface area contributed by atoms with E-state index in [2.05, 4.69) is 4.72 Å². The predicted molar refractivity (Wildman–Crippen MR) is 95.7 cm³/mol. The lowest BCUT2D eigenvalue weighted by Crippen LogP contribution is -2.49. The number of nitriles is 1. The molecule has 2 atom stereocenters. The highest BCUT2D eigenvalue weighted by molar-refractivity contribution is 7.89. The van der Waals surface area contributed by atoms with Crippen molar-refractivity contribution in [3.05, 3.63) is 65.7 Å². The lowest BCUT2D eigenvalue weighted by Gasteiger charge is -2.32.